The highest BCUT2D eigenvalue weighted by atomic mass is 16.5. The number of allylic oxidation sites excluding steroid dienone is 1. The molecule has 6 heterocycles. The van der Waals surface area contributed by atoms with Crippen LogP contribution in [0, 0.1) is 5.92 Å². The van der Waals surface area contributed by atoms with Gasteiger partial charge in [-0.2, -0.15) is 0 Å². The zero-order chi connectivity index (χ0) is 84.2. The molecule has 14 rings (SSSR count). The molecule has 0 spiro atoms. The van der Waals surface area contributed by atoms with Crippen LogP contribution >= 0.6 is 0 Å². The van der Waals surface area contributed by atoms with Crippen molar-refractivity contribution in [3.8, 4) is 0 Å². The number of ether oxygens (including phenoxy) is 1. The van der Waals surface area contributed by atoms with Gasteiger partial charge in [0.25, 0.3) is 23.6 Å². The van der Waals surface area contributed by atoms with Gasteiger partial charge in [-0.15, -0.1) is 6.58 Å². The molecule has 0 aliphatic carbocycles. The van der Waals surface area contributed by atoms with Gasteiger partial charge >= 0.3 is 0 Å². The number of rotatable bonds is 35. The summed E-state index contributed by atoms with van der Waals surface area (Å²) < 4.78 is 14.9. The van der Waals surface area contributed by atoms with E-state index in [2.05, 4.69) is 139 Å². The highest BCUT2D eigenvalue weighted by molar-refractivity contribution is 5.94. The van der Waals surface area contributed by atoms with Crippen LogP contribution in [0.5, 0.6) is 0 Å². The predicted octanol–water partition coefficient (Wildman–Crippen LogP) is 16.0. The highest BCUT2D eigenvalue weighted by Gasteiger charge is 2.20. The Morgan fingerprint density at radius 2 is 0.733 bits per heavy atom. The Balaban J connectivity index is 0.000000157. The number of hydrogen-bond donors (Lipinski definition) is 8. The molecule has 0 radical (unpaired) electrons. The summed E-state index contributed by atoms with van der Waals surface area (Å²) >= 11 is 0. The van der Waals surface area contributed by atoms with E-state index in [0.29, 0.717) is 13.2 Å². The molecule has 120 heavy (non-hydrogen) atoms. The molecule has 8 N–H and O–H groups in total. The van der Waals surface area contributed by atoms with Gasteiger partial charge in [0.2, 0.25) is 0 Å². The monoisotopic (exact) mass is 1620 g/mol. The van der Waals surface area contributed by atoms with Gasteiger partial charge < -0.3 is 32.8 Å². The van der Waals surface area contributed by atoms with Crippen molar-refractivity contribution in [2.75, 3.05) is 46.4 Å². The second kappa shape index (κ2) is 46.9. The third-order valence-corrected chi connectivity index (χ3v) is 21.7. The maximum absolute atomic E-state index is 11.3. The van der Waals surface area contributed by atoms with Crippen LogP contribution in [0.25, 0.3) is 68.4 Å². The first-order valence-electron chi connectivity index (χ1n) is 41.9. The quantitative estimate of drug-likeness (QED) is 0.00603. The van der Waals surface area contributed by atoms with Crippen LogP contribution in [-0.2, 0) is 101 Å². The normalized spacial score (nSPS) is 13.3. The second-order valence-corrected chi connectivity index (χ2v) is 30.7. The molecule has 626 valence electrons. The van der Waals surface area contributed by atoms with Gasteiger partial charge in [0.05, 0.1) is 50.2 Å². The summed E-state index contributed by atoms with van der Waals surface area (Å²) in [6.45, 7) is 18.1. The van der Waals surface area contributed by atoms with Gasteiger partial charge in [0.15, 0.2) is 0 Å². The van der Waals surface area contributed by atoms with E-state index in [1.165, 1.54) is 105 Å². The Kier molecular flexibility index (Phi) is 34.7. The minimum Gasteiger partial charge on any atom is -0.379 e. The number of amides is 4. The van der Waals surface area contributed by atoms with E-state index in [4.69, 9.17) is 45.5 Å². The lowest BCUT2D eigenvalue weighted by Crippen LogP contribution is -2.30. The summed E-state index contributed by atoms with van der Waals surface area (Å²) in [5.41, 5.74) is 23.1. The van der Waals surface area contributed by atoms with Gasteiger partial charge in [-0.05, 0) is 254 Å². The number of likely N-dealkylation sites (tertiary alicyclic amines) is 2. The van der Waals surface area contributed by atoms with Crippen molar-refractivity contribution in [3.63, 3.8) is 0 Å². The number of nitrogens with one attached hydrogen (secondary N) is 4. The summed E-state index contributed by atoms with van der Waals surface area (Å²) in [7, 11) is 2.21. The molecule has 8 aromatic carbocycles. The van der Waals surface area contributed by atoms with E-state index in [1.54, 1.807) is 46.2 Å². The standard InChI is InChI=1S/C27H34N4O2.C25H30N4O2.C24H29N3O3.C21H21N3O2/c1-30-18-15-22(16-19-30)8-5-17-31-25-12-9-23(11-14-27(32)29-33)20-24(25)28-26(31)13-10-21-6-3-2-4-7-21;30-25(27-31)14-11-21-9-12-23-22(19-21)26-24(13-10-20-7-2-1-3-8-20)29(23)18-6-17-28-15-4-5-16-28;1-18(2)30-16-6-15-27-22-12-9-20(11-14-24(28)26-29)17-21(22)25-23(27)13-10-19-7-4-3-5-8-19;1-2-14-24-19-11-8-17(10-13-21(25)23-26)15-18(19)22-20(24)12-9-16-6-4-3-5-7-16/h2-4,6-7,9,11-12,14,20,22,33H,5,8,10,13,15-19H2,1H3,(H,29,32);1-3,7-9,11-12,14,19,31H,4-6,10,13,15-18H2,(H,27,30);3-5,7-9,11-12,14,17-18,29H,6,10,13,15-16H2,1-2H3,(H,26,28);2-8,10-11,13,15,26H,1,9,12,14H2,(H,23,25)/b3*14-11+;13-10+. The number of hydroxylamine groups is 4. The molecule has 23 heteroatoms. The fraction of sp³-hybridized carbons (Fsp3) is 0.320. The van der Waals surface area contributed by atoms with Crippen molar-refractivity contribution >= 4 is 92.1 Å². The van der Waals surface area contributed by atoms with Crippen LogP contribution in [0.2, 0.25) is 0 Å². The van der Waals surface area contributed by atoms with E-state index in [-0.39, 0.29) is 6.10 Å². The Hall–Kier alpha value is -12.1. The minimum absolute atomic E-state index is 0.229. The van der Waals surface area contributed by atoms with Crippen molar-refractivity contribution in [3.05, 3.63) is 299 Å². The predicted molar refractivity (Wildman–Crippen MR) is 476 cm³/mol. The number of hydrogen-bond acceptors (Lipinski definition) is 15. The number of fused-ring (bicyclic) bond motifs is 4. The van der Waals surface area contributed by atoms with E-state index < -0.39 is 23.6 Å². The second-order valence-electron chi connectivity index (χ2n) is 30.7. The average Bonchev–Trinajstić information content (AvgIpc) is 1.66. The molecule has 23 nitrogen and oxygen atoms in total. The third kappa shape index (κ3) is 27.2. The molecule has 0 saturated carbocycles. The molecule has 2 aliphatic heterocycles. The number of benzene rings is 8. The average molecular weight is 1620 g/mol. The number of aryl methyl sites for hydroxylation is 11. The fourth-order valence-electron chi connectivity index (χ4n) is 15.4. The van der Waals surface area contributed by atoms with Crippen LogP contribution in [0.3, 0.4) is 0 Å². The van der Waals surface area contributed by atoms with Crippen molar-refractivity contribution < 1.29 is 44.7 Å². The van der Waals surface area contributed by atoms with E-state index in [0.717, 1.165) is 192 Å². The number of carbonyl (C=O) groups excluding carboxylic acids is 4. The maximum atomic E-state index is 11.3. The van der Waals surface area contributed by atoms with Crippen LogP contribution in [-0.4, -0.2) is 145 Å². The molecule has 0 atom stereocenters. The Labute approximate surface area is 703 Å². The molecule has 4 amide bonds. The van der Waals surface area contributed by atoms with Gasteiger partial charge in [-0.25, -0.2) is 41.9 Å². The van der Waals surface area contributed by atoms with Crippen LogP contribution in [0.1, 0.15) is 133 Å². The van der Waals surface area contributed by atoms with E-state index >= 15 is 0 Å². The molecule has 4 aromatic heterocycles. The van der Waals surface area contributed by atoms with Gasteiger partial charge in [-0.3, -0.25) is 40.0 Å². The SMILES string of the molecule is C=CCn1c(CCc2ccccc2)nc2cc(/C=C/C(=O)NO)ccc21.CC(C)OCCCn1c(CCc2ccccc2)nc2cc(/C=C/C(=O)NO)ccc21.CN1CCC(CCCn2c(CCc3ccccc3)nc3cc(/C=C/C(=O)NO)ccc32)CC1.O=C(/C=C/c1ccc2c(c1)nc(CCc1ccccc1)n2CCCN1CCCC1)NO. The Morgan fingerprint density at radius 1 is 0.417 bits per heavy atom. The van der Waals surface area contributed by atoms with E-state index in [9.17, 15) is 19.2 Å². The Morgan fingerprint density at radius 3 is 1.06 bits per heavy atom. The first-order chi connectivity index (χ1) is 58.6. The minimum atomic E-state index is -0.564. The number of nitrogens with zero attached hydrogens (tertiary/aromatic N) is 10. The number of imidazole rings is 4. The molecule has 2 saturated heterocycles. The van der Waals surface area contributed by atoms with Crippen LogP contribution in [0.4, 0.5) is 0 Å². The van der Waals surface area contributed by atoms with Gasteiger partial charge in [0.1, 0.15) is 23.3 Å². The van der Waals surface area contributed by atoms with Gasteiger partial charge in [0, 0.05) is 82.8 Å². The molecular weight excluding hydrogens is 1510 g/mol. The first-order valence-corrected chi connectivity index (χ1v) is 41.9. The van der Waals surface area contributed by atoms with Crippen molar-refractivity contribution in [2.24, 2.45) is 5.92 Å². The summed E-state index contributed by atoms with van der Waals surface area (Å²) in [5.74, 6) is 2.90. The fourth-order valence-corrected chi connectivity index (χ4v) is 15.4. The highest BCUT2D eigenvalue weighted by Crippen LogP contribution is 2.28. The lowest BCUT2D eigenvalue weighted by molar-refractivity contribution is -0.124. The molecule has 12 aromatic rings. The smallest absolute Gasteiger partial charge is 0.267 e. The van der Waals surface area contributed by atoms with Crippen molar-refractivity contribution in [1.82, 2.24) is 69.9 Å². The number of piperidine rings is 1. The Bertz CT molecular complexity index is 5390. The largest absolute Gasteiger partial charge is 0.379 e. The molecular formula is C97H114N14O9. The topological polar surface area (TPSA) is 284 Å². The molecule has 2 aliphatic rings. The molecule has 0 unspecified atom stereocenters. The number of aromatic nitrogens is 8. The number of carbonyl (C=O) groups is 4. The first kappa shape index (κ1) is 88.7. The van der Waals surface area contributed by atoms with Crippen LogP contribution < -0.4 is 21.9 Å². The van der Waals surface area contributed by atoms with Crippen LogP contribution in [0.15, 0.2) is 231 Å². The van der Waals surface area contributed by atoms with E-state index in [1.807, 2.05) is 117 Å². The molecule has 2 fully saturated rings. The van der Waals surface area contributed by atoms with Crippen molar-refractivity contribution in [1.29, 1.82) is 0 Å². The van der Waals surface area contributed by atoms with Crippen molar-refractivity contribution in [2.45, 2.75) is 149 Å². The third-order valence-electron chi connectivity index (χ3n) is 21.7. The lowest BCUT2D eigenvalue weighted by Gasteiger charge is -2.29. The summed E-state index contributed by atoms with van der Waals surface area (Å²) in [6.07, 6.45) is 30.9. The lowest BCUT2D eigenvalue weighted by atomic mass is 9.92. The summed E-state index contributed by atoms with van der Waals surface area (Å²) in [5, 5.41) is 34.6. The zero-order valence-corrected chi connectivity index (χ0v) is 69.2. The summed E-state index contributed by atoms with van der Waals surface area (Å²) in [4.78, 5) is 69.6. The summed E-state index contributed by atoms with van der Waals surface area (Å²) in [6, 6.07) is 65.8. The zero-order valence-electron chi connectivity index (χ0n) is 69.2. The maximum Gasteiger partial charge on any atom is 0.267 e. The van der Waals surface area contributed by atoms with Gasteiger partial charge in [-0.1, -0.05) is 152 Å². The molecule has 0 bridgehead atoms.